The van der Waals surface area contributed by atoms with Crippen molar-refractivity contribution in [1.29, 1.82) is 0 Å². The highest BCUT2D eigenvalue weighted by Gasteiger charge is 2.48. The number of phenolic OH excluding ortho intramolecular Hbond substituents is 1. The molecular weight excluding hydrogens is 456 g/mol. The Kier molecular flexibility index (Phi) is 6.32. The normalized spacial score (nSPS) is 16.4. The van der Waals surface area contributed by atoms with E-state index < -0.39 is 6.04 Å². The van der Waals surface area contributed by atoms with Gasteiger partial charge in [0.1, 0.15) is 17.5 Å². The van der Waals surface area contributed by atoms with Gasteiger partial charge in [0.05, 0.1) is 5.69 Å². The van der Waals surface area contributed by atoms with Gasteiger partial charge >= 0.3 is 0 Å². The minimum absolute atomic E-state index is 0.0275. The molecule has 3 aromatic rings. The summed E-state index contributed by atoms with van der Waals surface area (Å²) in [6.45, 7) is 7.71. The van der Waals surface area contributed by atoms with E-state index in [9.17, 15) is 14.7 Å². The zero-order chi connectivity index (χ0) is 25.6. The predicted octanol–water partition coefficient (Wildman–Crippen LogP) is 4.35. The van der Waals surface area contributed by atoms with Gasteiger partial charge in [-0.05, 0) is 89.3 Å². The summed E-state index contributed by atoms with van der Waals surface area (Å²) in [6.07, 6.45) is 5.96. The second-order valence-corrected chi connectivity index (χ2v) is 10.5. The summed E-state index contributed by atoms with van der Waals surface area (Å²) in [5, 5.41) is 28.2. The van der Waals surface area contributed by atoms with Crippen molar-refractivity contribution in [2.24, 2.45) is 17.8 Å². The van der Waals surface area contributed by atoms with Crippen molar-refractivity contribution in [3.63, 3.8) is 0 Å². The number of nitrogens with one attached hydrogen (secondary N) is 3. The number of hydrogen-bond donors (Lipinski definition) is 4. The lowest BCUT2D eigenvalue weighted by Crippen LogP contribution is -2.50. The van der Waals surface area contributed by atoms with Gasteiger partial charge in [0.15, 0.2) is 0 Å². The molecule has 9 nitrogen and oxygen atoms in total. The molecule has 2 amide bonds. The lowest BCUT2D eigenvalue weighted by atomic mass is 9.88. The third-order valence-corrected chi connectivity index (χ3v) is 7.34. The van der Waals surface area contributed by atoms with Gasteiger partial charge in [-0.3, -0.25) is 19.4 Å². The van der Waals surface area contributed by atoms with Gasteiger partial charge in [-0.2, -0.15) is 10.2 Å². The van der Waals surface area contributed by atoms with Crippen molar-refractivity contribution >= 4 is 17.5 Å². The maximum atomic E-state index is 13.6. The number of carbonyl (C=O) groups excluding carboxylic acids is 2. The van der Waals surface area contributed by atoms with Crippen molar-refractivity contribution in [3.8, 4) is 16.9 Å². The standard InChI is InChI=1S/C27H34N6O3/c1-14(2)33-21(11-12-28-33)26(35)30-25(24(17-5-6-17)18-7-8-18)27(36)29-19-9-10-20(22(34)13-19)23-15(3)31-32-16(23)4/h9-14,17-18,24-25,34H,5-8H2,1-4H3,(H,29,36)(H,30,35)(H,31,32)/t25-/m0/s1. The summed E-state index contributed by atoms with van der Waals surface area (Å²) >= 11 is 0. The number of hydrogen-bond acceptors (Lipinski definition) is 5. The fourth-order valence-electron chi connectivity index (χ4n) is 5.34. The van der Waals surface area contributed by atoms with E-state index in [-0.39, 0.29) is 29.5 Å². The maximum Gasteiger partial charge on any atom is 0.270 e. The van der Waals surface area contributed by atoms with E-state index >= 15 is 0 Å². The van der Waals surface area contributed by atoms with E-state index in [4.69, 9.17) is 0 Å². The highest BCUT2D eigenvalue weighted by Crippen LogP contribution is 2.51. The van der Waals surface area contributed by atoms with Gasteiger partial charge in [0.2, 0.25) is 5.91 Å². The van der Waals surface area contributed by atoms with Crippen molar-refractivity contribution in [2.45, 2.75) is 65.5 Å². The molecule has 2 aliphatic rings. The number of amides is 2. The summed E-state index contributed by atoms with van der Waals surface area (Å²) < 4.78 is 1.67. The molecule has 2 fully saturated rings. The van der Waals surface area contributed by atoms with Crippen LogP contribution in [0.2, 0.25) is 0 Å². The first-order chi connectivity index (χ1) is 17.2. The molecule has 2 heterocycles. The van der Waals surface area contributed by atoms with E-state index in [1.54, 1.807) is 35.1 Å². The molecule has 2 saturated carbocycles. The lowest BCUT2D eigenvalue weighted by Gasteiger charge is -2.28. The number of nitrogens with zero attached hydrogens (tertiary/aromatic N) is 3. The van der Waals surface area contributed by atoms with Gasteiger partial charge in [0, 0.05) is 40.8 Å². The molecule has 9 heteroatoms. The van der Waals surface area contributed by atoms with Gasteiger partial charge in [-0.15, -0.1) is 0 Å². The van der Waals surface area contributed by atoms with E-state index in [0.29, 0.717) is 28.8 Å². The van der Waals surface area contributed by atoms with Crippen molar-refractivity contribution < 1.29 is 14.7 Å². The van der Waals surface area contributed by atoms with Crippen LogP contribution in [0.25, 0.3) is 11.1 Å². The van der Waals surface area contributed by atoms with Gasteiger partial charge in [-0.1, -0.05) is 0 Å². The number of H-pyrrole nitrogens is 1. The lowest BCUT2D eigenvalue weighted by molar-refractivity contribution is -0.119. The molecule has 0 spiro atoms. The number of aromatic hydroxyl groups is 1. The number of carbonyl (C=O) groups is 2. The monoisotopic (exact) mass is 490 g/mol. The highest BCUT2D eigenvalue weighted by atomic mass is 16.3. The number of aromatic amines is 1. The Balaban J connectivity index is 1.39. The van der Waals surface area contributed by atoms with Crippen LogP contribution < -0.4 is 10.6 Å². The fourth-order valence-corrected chi connectivity index (χ4v) is 5.34. The number of phenols is 1. The Labute approximate surface area is 210 Å². The van der Waals surface area contributed by atoms with E-state index in [1.165, 1.54) is 0 Å². The molecule has 36 heavy (non-hydrogen) atoms. The average Bonchev–Trinajstić information content (AvgIpc) is 3.76. The molecular formula is C27H34N6O3. The zero-order valence-corrected chi connectivity index (χ0v) is 21.2. The van der Waals surface area contributed by atoms with Crippen molar-refractivity contribution in [1.82, 2.24) is 25.3 Å². The van der Waals surface area contributed by atoms with Crippen LogP contribution in [-0.4, -0.2) is 42.9 Å². The largest absolute Gasteiger partial charge is 0.507 e. The first-order valence-electron chi connectivity index (χ1n) is 12.7. The first-order valence-corrected chi connectivity index (χ1v) is 12.7. The Bertz CT molecular complexity index is 1250. The Morgan fingerprint density at radius 2 is 1.81 bits per heavy atom. The van der Waals surface area contributed by atoms with Crippen LogP contribution in [0.15, 0.2) is 30.5 Å². The van der Waals surface area contributed by atoms with Crippen LogP contribution >= 0.6 is 0 Å². The summed E-state index contributed by atoms with van der Waals surface area (Å²) in [5.74, 6) is 0.510. The number of anilines is 1. The highest BCUT2D eigenvalue weighted by molar-refractivity contribution is 6.01. The second kappa shape index (κ2) is 9.44. The van der Waals surface area contributed by atoms with E-state index in [0.717, 1.165) is 42.6 Å². The SMILES string of the molecule is Cc1n[nH]c(C)c1-c1ccc(NC(=O)[C@@H](NC(=O)c2ccnn2C(C)C)C(C2CC2)C2CC2)cc1O. The smallest absolute Gasteiger partial charge is 0.270 e. The predicted molar refractivity (Wildman–Crippen MR) is 137 cm³/mol. The molecule has 2 aromatic heterocycles. The zero-order valence-electron chi connectivity index (χ0n) is 21.2. The molecule has 1 aromatic carbocycles. The summed E-state index contributed by atoms with van der Waals surface area (Å²) in [4.78, 5) is 26.9. The maximum absolute atomic E-state index is 13.6. The van der Waals surface area contributed by atoms with Crippen LogP contribution in [0.4, 0.5) is 5.69 Å². The number of rotatable bonds is 9. The molecule has 2 aliphatic carbocycles. The van der Waals surface area contributed by atoms with Crippen molar-refractivity contribution in [2.75, 3.05) is 5.32 Å². The molecule has 190 valence electrons. The number of benzene rings is 1. The molecule has 5 rings (SSSR count). The minimum atomic E-state index is -0.659. The quantitative estimate of drug-likeness (QED) is 0.355. The fraction of sp³-hybridized carbons (Fsp3) is 0.481. The Morgan fingerprint density at radius 3 is 2.36 bits per heavy atom. The molecule has 0 bridgehead atoms. The van der Waals surface area contributed by atoms with Gasteiger partial charge in [-0.25, -0.2) is 0 Å². The summed E-state index contributed by atoms with van der Waals surface area (Å²) in [7, 11) is 0. The summed E-state index contributed by atoms with van der Waals surface area (Å²) in [6, 6.07) is 6.16. The van der Waals surface area contributed by atoms with Crippen molar-refractivity contribution in [3.05, 3.63) is 47.5 Å². The topological polar surface area (TPSA) is 125 Å². The molecule has 1 atom stereocenters. The molecule has 4 N–H and O–H groups in total. The van der Waals surface area contributed by atoms with E-state index in [2.05, 4.69) is 25.9 Å². The van der Waals surface area contributed by atoms with Crippen LogP contribution in [0.1, 0.15) is 67.4 Å². The number of aryl methyl sites for hydroxylation is 2. The number of aromatic nitrogens is 4. The first kappa shape index (κ1) is 24.1. The Morgan fingerprint density at radius 1 is 1.11 bits per heavy atom. The van der Waals surface area contributed by atoms with Gasteiger partial charge < -0.3 is 15.7 Å². The minimum Gasteiger partial charge on any atom is -0.507 e. The summed E-state index contributed by atoms with van der Waals surface area (Å²) in [5.41, 5.74) is 4.08. The third-order valence-electron chi connectivity index (χ3n) is 7.34. The van der Waals surface area contributed by atoms with E-state index in [1.807, 2.05) is 27.7 Å². The molecule has 0 unspecified atom stereocenters. The molecule has 0 aliphatic heterocycles. The molecule has 0 radical (unpaired) electrons. The van der Waals surface area contributed by atoms with Crippen LogP contribution in [0, 0.1) is 31.6 Å². The van der Waals surface area contributed by atoms with Crippen LogP contribution in [0.3, 0.4) is 0 Å². The third kappa shape index (κ3) is 4.74. The second-order valence-electron chi connectivity index (χ2n) is 10.5. The molecule has 0 saturated heterocycles. The average molecular weight is 491 g/mol. The van der Waals surface area contributed by atoms with Crippen LogP contribution in [-0.2, 0) is 4.79 Å². The Hall–Kier alpha value is -3.62. The van der Waals surface area contributed by atoms with Crippen LogP contribution in [0.5, 0.6) is 5.75 Å². The van der Waals surface area contributed by atoms with Gasteiger partial charge in [0.25, 0.3) is 5.91 Å².